The number of amides is 1. The molecule has 1 amide bonds. The number of piperazine rings is 1. The lowest BCUT2D eigenvalue weighted by atomic mass is 10.0. The second-order valence-electron chi connectivity index (χ2n) is 12.0. The molecule has 2 bridgehead atoms. The number of fused-ring (bicyclic) bond motifs is 4. The zero-order valence-corrected chi connectivity index (χ0v) is 30.8. The highest BCUT2D eigenvalue weighted by Crippen LogP contribution is 2.38. The Kier molecular flexibility index (Phi) is 13.2. The van der Waals surface area contributed by atoms with E-state index in [1.54, 1.807) is 12.1 Å². The lowest BCUT2D eigenvalue weighted by Gasteiger charge is -2.39. The van der Waals surface area contributed by atoms with Crippen molar-refractivity contribution in [1.29, 1.82) is 0 Å². The molecule has 7 rings (SSSR count). The van der Waals surface area contributed by atoms with Crippen LogP contribution in [0.1, 0.15) is 12.8 Å². The van der Waals surface area contributed by atoms with E-state index in [0.29, 0.717) is 45.9 Å². The number of likely N-dealkylation sites (tertiary alicyclic amines) is 1. The maximum Gasteiger partial charge on any atom is 0.319 e. The average Bonchev–Trinajstić information content (AvgIpc) is 3.70. The van der Waals surface area contributed by atoms with E-state index in [0.717, 1.165) is 37.9 Å². The fourth-order valence-corrected chi connectivity index (χ4v) is 7.21. The molecule has 3 atom stereocenters. The zero-order valence-electron chi connectivity index (χ0n) is 27.0. The van der Waals surface area contributed by atoms with Crippen LogP contribution in [0.5, 0.6) is 6.01 Å². The number of carbonyl (C=O) groups is 1. The number of benzene rings is 2. The Morgan fingerprint density at radius 1 is 1.14 bits per heavy atom. The van der Waals surface area contributed by atoms with Gasteiger partial charge >= 0.3 is 6.01 Å². The van der Waals surface area contributed by atoms with Crippen LogP contribution >= 0.6 is 52.1 Å². The van der Waals surface area contributed by atoms with E-state index in [2.05, 4.69) is 26.3 Å². The van der Waals surface area contributed by atoms with E-state index in [1.165, 1.54) is 11.1 Å². The molecule has 0 aliphatic carbocycles. The lowest BCUT2D eigenvalue weighted by molar-refractivity contribution is -0.131. The van der Waals surface area contributed by atoms with Crippen molar-refractivity contribution in [2.24, 2.45) is 0 Å². The van der Waals surface area contributed by atoms with Crippen molar-refractivity contribution < 1.29 is 23.0 Å². The van der Waals surface area contributed by atoms with Gasteiger partial charge in [-0.1, -0.05) is 48.5 Å². The maximum atomic E-state index is 16.6. The van der Waals surface area contributed by atoms with Gasteiger partial charge < -0.3 is 24.1 Å². The van der Waals surface area contributed by atoms with Gasteiger partial charge in [0, 0.05) is 60.9 Å². The number of carbonyl (C=O) groups excluding carboxylic acids is 1. The highest BCUT2D eigenvalue weighted by molar-refractivity contribution is 7.59. The van der Waals surface area contributed by atoms with Gasteiger partial charge in [0.05, 0.1) is 24.7 Å². The summed E-state index contributed by atoms with van der Waals surface area (Å²) in [4.78, 5) is 35.3. The molecule has 0 unspecified atom stereocenters. The lowest BCUT2D eigenvalue weighted by Crippen LogP contribution is -2.56. The van der Waals surface area contributed by atoms with E-state index in [-0.39, 0.29) is 83.9 Å². The molecular formula is C34H38ClF2N7O3S3. The Morgan fingerprint density at radius 3 is 2.62 bits per heavy atom. The fourth-order valence-electron chi connectivity index (χ4n) is 6.92. The van der Waals surface area contributed by atoms with Gasteiger partial charge in [-0.2, -0.15) is 50.5 Å². The molecule has 2 aromatic heterocycles. The summed E-state index contributed by atoms with van der Waals surface area (Å²) in [5, 5.41) is 2.33. The molecule has 16 heteroatoms. The SMILES string of the molecule is S.S.S.[C-]#[N+]C[C@H]1CN(c2nc(OCCCN3C[C@@H]4C[C@H]3CO4)nc3c(F)c(-c4cccc5cccc(Cl)c45)ncc23)CCN1C(=O)C(=C)F. The summed E-state index contributed by atoms with van der Waals surface area (Å²) in [5.74, 6) is -2.23. The number of hydrogen-bond donors (Lipinski definition) is 0. The first-order chi connectivity index (χ1) is 22.8. The van der Waals surface area contributed by atoms with Gasteiger partial charge in [0.15, 0.2) is 11.6 Å². The third kappa shape index (κ3) is 7.61. The predicted octanol–water partition coefficient (Wildman–Crippen LogP) is 5.64. The summed E-state index contributed by atoms with van der Waals surface area (Å²) >= 11 is 6.58. The molecule has 0 saturated carbocycles. The summed E-state index contributed by atoms with van der Waals surface area (Å²) in [5.41, 5.74) is 0.626. The normalized spacial score (nSPS) is 19.8. The smallest absolute Gasteiger partial charge is 0.319 e. The Balaban J connectivity index is 0.00000187. The van der Waals surface area contributed by atoms with Crippen molar-refractivity contribution in [2.75, 3.05) is 57.4 Å². The van der Waals surface area contributed by atoms with Crippen LogP contribution in [0.25, 0.3) is 37.8 Å². The molecule has 2 aromatic carbocycles. The molecule has 3 saturated heterocycles. The van der Waals surface area contributed by atoms with Crippen molar-refractivity contribution in [3.05, 3.63) is 77.3 Å². The minimum Gasteiger partial charge on any atom is -0.463 e. The van der Waals surface area contributed by atoms with E-state index in [1.807, 2.05) is 29.2 Å². The quantitative estimate of drug-likeness (QED) is 0.123. The minimum absolute atomic E-state index is 0. The molecule has 4 aromatic rings. The molecule has 0 spiro atoms. The molecule has 3 fully saturated rings. The number of morpholine rings is 1. The van der Waals surface area contributed by atoms with Crippen LogP contribution in [-0.4, -0.2) is 101 Å². The van der Waals surface area contributed by atoms with Crippen LogP contribution in [-0.2, 0) is 9.53 Å². The van der Waals surface area contributed by atoms with Crippen molar-refractivity contribution >= 4 is 85.5 Å². The summed E-state index contributed by atoms with van der Waals surface area (Å²) in [6.07, 6.45) is 3.61. The Hall–Kier alpha value is -3.39. The summed E-state index contributed by atoms with van der Waals surface area (Å²) < 4.78 is 42.2. The van der Waals surface area contributed by atoms with E-state index in [4.69, 9.17) is 32.6 Å². The molecular weight excluding hydrogens is 724 g/mol. The van der Waals surface area contributed by atoms with Gasteiger partial charge in [0.2, 0.25) is 6.54 Å². The molecule has 0 radical (unpaired) electrons. The topological polar surface area (TPSA) is 88.3 Å². The first-order valence-corrected chi connectivity index (χ1v) is 16.0. The second kappa shape index (κ2) is 16.8. The number of nitrogens with zero attached hydrogens (tertiary/aromatic N) is 7. The monoisotopic (exact) mass is 761 g/mol. The van der Waals surface area contributed by atoms with Crippen molar-refractivity contribution in [1.82, 2.24) is 24.8 Å². The molecule has 5 heterocycles. The molecule has 3 aliphatic heterocycles. The number of pyridine rings is 1. The van der Waals surface area contributed by atoms with Crippen molar-refractivity contribution in [3.63, 3.8) is 0 Å². The van der Waals surface area contributed by atoms with Crippen LogP contribution in [0.15, 0.2) is 55.0 Å². The Morgan fingerprint density at radius 2 is 1.92 bits per heavy atom. The first kappa shape index (κ1) is 39.4. The minimum atomic E-state index is -1.08. The van der Waals surface area contributed by atoms with Crippen LogP contribution < -0.4 is 9.64 Å². The number of hydrogen-bond acceptors (Lipinski definition) is 8. The van der Waals surface area contributed by atoms with E-state index < -0.39 is 23.6 Å². The molecule has 3 aliphatic rings. The number of ether oxygens (including phenoxy) is 2. The predicted molar refractivity (Wildman–Crippen MR) is 206 cm³/mol. The van der Waals surface area contributed by atoms with Crippen LogP contribution in [0.2, 0.25) is 5.02 Å². The Labute approximate surface area is 314 Å². The third-order valence-electron chi connectivity index (χ3n) is 9.16. The third-order valence-corrected chi connectivity index (χ3v) is 9.48. The molecule has 266 valence electrons. The summed E-state index contributed by atoms with van der Waals surface area (Å²) in [6.45, 7) is 13.9. The second-order valence-corrected chi connectivity index (χ2v) is 12.4. The van der Waals surface area contributed by atoms with Gasteiger partial charge in [0.25, 0.3) is 5.91 Å². The zero-order chi connectivity index (χ0) is 32.7. The van der Waals surface area contributed by atoms with Gasteiger partial charge in [-0.05, 0) is 24.3 Å². The van der Waals surface area contributed by atoms with Gasteiger partial charge in [0.1, 0.15) is 23.1 Å². The van der Waals surface area contributed by atoms with Gasteiger partial charge in [-0.3, -0.25) is 14.7 Å². The first-order valence-electron chi connectivity index (χ1n) is 15.6. The van der Waals surface area contributed by atoms with Crippen molar-refractivity contribution in [3.8, 4) is 17.3 Å². The van der Waals surface area contributed by atoms with Gasteiger partial charge in [-0.15, -0.1) is 0 Å². The number of halogens is 3. The van der Waals surface area contributed by atoms with Crippen molar-refractivity contribution in [2.45, 2.75) is 31.0 Å². The summed E-state index contributed by atoms with van der Waals surface area (Å²) in [6, 6.07) is 10.8. The van der Waals surface area contributed by atoms with Crippen LogP contribution in [0.4, 0.5) is 14.6 Å². The number of aromatic nitrogens is 3. The van der Waals surface area contributed by atoms with E-state index >= 15 is 4.39 Å². The molecule has 50 heavy (non-hydrogen) atoms. The highest BCUT2D eigenvalue weighted by Gasteiger charge is 2.38. The number of anilines is 1. The number of rotatable bonds is 9. The highest BCUT2D eigenvalue weighted by atomic mass is 35.5. The summed E-state index contributed by atoms with van der Waals surface area (Å²) in [7, 11) is 0. The molecule has 10 nitrogen and oxygen atoms in total. The van der Waals surface area contributed by atoms with Gasteiger partial charge in [-0.25, -0.2) is 15.4 Å². The Bertz CT molecular complexity index is 1930. The van der Waals surface area contributed by atoms with E-state index in [9.17, 15) is 9.18 Å². The largest absolute Gasteiger partial charge is 0.463 e. The average molecular weight is 762 g/mol. The maximum absolute atomic E-state index is 16.6. The van der Waals surface area contributed by atoms with Crippen LogP contribution in [0.3, 0.4) is 0 Å². The van der Waals surface area contributed by atoms with Crippen LogP contribution in [0, 0.1) is 12.4 Å². The standard InChI is InChI=1S/C34H32ClF2N7O3.3H2S/c1-20(36)33(45)44-12-11-43(17-23(44)15-38-2)32-26-16-39-30(25-8-3-6-21-7-4-9-27(35)28(21)25)29(37)31(26)40-34(41-32)46-13-5-10-42-18-24-14-22(42)19-47-24;;;/h3-4,6-9,16,22-24H,1,5,10-15,17-19H2;3*1H2/t22-,23-,24-;;;/m0.../s1. The fraction of sp³-hybridized carbons (Fsp3) is 0.382. The molecule has 0 N–H and O–H groups in total.